The van der Waals surface area contributed by atoms with Crippen LogP contribution in [0.1, 0.15) is 22.3 Å². The minimum absolute atomic E-state index is 0.144. The van der Waals surface area contributed by atoms with Crippen LogP contribution >= 0.6 is 0 Å². The van der Waals surface area contributed by atoms with Gasteiger partial charge in [-0.05, 0) is 34.9 Å². The molecule has 0 aliphatic heterocycles. The molecule has 0 radical (unpaired) electrons. The van der Waals surface area contributed by atoms with Crippen LogP contribution in [-0.4, -0.2) is 15.7 Å². The number of amides is 1. The van der Waals surface area contributed by atoms with E-state index in [0.717, 1.165) is 23.3 Å². The van der Waals surface area contributed by atoms with Crippen molar-refractivity contribution < 1.29 is 18.0 Å². The van der Waals surface area contributed by atoms with Crippen LogP contribution in [0.3, 0.4) is 0 Å². The maximum Gasteiger partial charge on any atom is 0.416 e. The van der Waals surface area contributed by atoms with E-state index in [1.54, 1.807) is 18.3 Å². The molecule has 0 aliphatic rings. The summed E-state index contributed by atoms with van der Waals surface area (Å²) < 4.78 is 40.3. The van der Waals surface area contributed by atoms with Crippen LogP contribution in [0.4, 0.5) is 18.9 Å². The number of anilines is 1. The predicted octanol–water partition coefficient (Wildman–Crippen LogP) is 6.13. The van der Waals surface area contributed by atoms with Crippen molar-refractivity contribution in [3.8, 4) is 0 Å². The molecule has 3 aromatic carbocycles. The Kier molecular flexibility index (Phi) is 6.40. The molecule has 0 saturated heterocycles. The number of halogens is 3. The van der Waals surface area contributed by atoms with E-state index in [2.05, 4.69) is 10.4 Å². The lowest BCUT2D eigenvalue weighted by Gasteiger charge is -2.09. The van der Waals surface area contributed by atoms with Crippen molar-refractivity contribution >= 4 is 23.2 Å². The van der Waals surface area contributed by atoms with Crippen LogP contribution in [0, 0.1) is 0 Å². The van der Waals surface area contributed by atoms with E-state index in [1.807, 2.05) is 60.7 Å². The Morgan fingerprint density at radius 2 is 1.64 bits per heavy atom. The van der Waals surface area contributed by atoms with Gasteiger partial charge in [-0.15, -0.1) is 0 Å². The van der Waals surface area contributed by atoms with E-state index in [0.29, 0.717) is 16.8 Å². The summed E-state index contributed by atoms with van der Waals surface area (Å²) in [5, 5.41) is 7.01. The first-order valence-corrected chi connectivity index (χ1v) is 10.2. The number of carbonyl (C=O) groups excluding carboxylic acids is 1. The summed E-state index contributed by atoms with van der Waals surface area (Å²) in [7, 11) is 0. The van der Waals surface area contributed by atoms with Crippen molar-refractivity contribution in [1.82, 2.24) is 9.78 Å². The molecule has 1 N–H and O–H groups in total. The average molecular weight is 447 g/mol. The molecule has 0 atom stereocenters. The molecule has 1 heterocycles. The molecule has 4 nitrogen and oxygen atoms in total. The van der Waals surface area contributed by atoms with E-state index >= 15 is 0 Å². The molecular formula is C26H20F3N3O. The van der Waals surface area contributed by atoms with Crippen LogP contribution in [0.2, 0.25) is 0 Å². The number of rotatable bonds is 6. The molecule has 0 fully saturated rings. The Morgan fingerprint density at radius 1 is 0.939 bits per heavy atom. The van der Waals surface area contributed by atoms with Gasteiger partial charge >= 0.3 is 6.18 Å². The normalized spacial score (nSPS) is 11.9. The van der Waals surface area contributed by atoms with Crippen molar-refractivity contribution in [3.63, 3.8) is 0 Å². The molecular weight excluding hydrogens is 427 g/mol. The van der Waals surface area contributed by atoms with Crippen LogP contribution in [0.25, 0.3) is 11.6 Å². The second-order valence-electron chi connectivity index (χ2n) is 7.41. The first kappa shape index (κ1) is 22.1. The number of nitrogens with one attached hydrogen (secondary N) is 1. The maximum absolute atomic E-state index is 13.1. The minimum Gasteiger partial charge on any atom is -0.319 e. The lowest BCUT2D eigenvalue weighted by atomic mass is 10.0. The molecule has 4 rings (SSSR count). The van der Waals surface area contributed by atoms with Gasteiger partial charge < -0.3 is 5.32 Å². The minimum atomic E-state index is -4.40. The summed E-state index contributed by atoms with van der Waals surface area (Å²) in [5.41, 5.74) is 2.32. The van der Waals surface area contributed by atoms with E-state index in [4.69, 9.17) is 0 Å². The van der Waals surface area contributed by atoms with E-state index in [1.165, 1.54) is 16.9 Å². The van der Waals surface area contributed by atoms with Gasteiger partial charge in [0.25, 0.3) is 5.91 Å². The molecule has 0 spiro atoms. The summed E-state index contributed by atoms with van der Waals surface area (Å²) in [4.78, 5) is 13.1. The molecule has 7 heteroatoms. The number of benzene rings is 3. The highest BCUT2D eigenvalue weighted by Crippen LogP contribution is 2.29. The van der Waals surface area contributed by atoms with Crippen LogP contribution in [0.15, 0.2) is 97.3 Å². The molecule has 33 heavy (non-hydrogen) atoms. The third-order valence-electron chi connectivity index (χ3n) is 4.93. The van der Waals surface area contributed by atoms with Gasteiger partial charge in [-0.2, -0.15) is 18.3 Å². The zero-order valence-electron chi connectivity index (χ0n) is 17.5. The summed E-state index contributed by atoms with van der Waals surface area (Å²) in [6.07, 6.45) is 0.454. The van der Waals surface area contributed by atoms with Crippen molar-refractivity contribution in [3.05, 3.63) is 120 Å². The van der Waals surface area contributed by atoms with Gasteiger partial charge in [0.2, 0.25) is 0 Å². The Balaban J connectivity index is 1.53. The fourth-order valence-corrected chi connectivity index (χ4v) is 3.36. The largest absolute Gasteiger partial charge is 0.416 e. The highest BCUT2D eigenvalue weighted by atomic mass is 19.4. The molecule has 0 aliphatic carbocycles. The third-order valence-corrected chi connectivity index (χ3v) is 4.93. The van der Waals surface area contributed by atoms with E-state index in [9.17, 15) is 18.0 Å². The number of alkyl halides is 3. The van der Waals surface area contributed by atoms with Gasteiger partial charge in [0.05, 0.1) is 24.0 Å². The van der Waals surface area contributed by atoms with Gasteiger partial charge in [-0.1, -0.05) is 72.8 Å². The second kappa shape index (κ2) is 9.56. The summed E-state index contributed by atoms with van der Waals surface area (Å²) in [6.45, 7) is 0.144. The quantitative estimate of drug-likeness (QED) is 0.286. The van der Waals surface area contributed by atoms with E-state index in [-0.39, 0.29) is 12.5 Å². The number of hydrogen-bond donors (Lipinski definition) is 1. The lowest BCUT2D eigenvalue weighted by Crippen LogP contribution is -2.13. The zero-order valence-corrected chi connectivity index (χ0v) is 17.5. The molecule has 0 saturated carbocycles. The second-order valence-corrected chi connectivity index (χ2v) is 7.41. The van der Waals surface area contributed by atoms with Crippen LogP contribution < -0.4 is 5.32 Å². The number of carbonyl (C=O) groups is 1. The maximum atomic E-state index is 13.1. The first-order valence-electron chi connectivity index (χ1n) is 10.2. The highest BCUT2D eigenvalue weighted by Gasteiger charge is 2.30. The lowest BCUT2D eigenvalue weighted by molar-refractivity contribution is -0.137. The van der Waals surface area contributed by atoms with Gasteiger partial charge in [0, 0.05) is 11.8 Å². The molecule has 4 aromatic rings. The highest BCUT2D eigenvalue weighted by molar-refractivity contribution is 6.29. The Morgan fingerprint density at radius 3 is 2.33 bits per heavy atom. The van der Waals surface area contributed by atoms with Gasteiger partial charge in [-0.3, -0.25) is 9.48 Å². The molecule has 0 bridgehead atoms. The third kappa shape index (κ3) is 5.77. The average Bonchev–Trinajstić information content (AvgIpc) is 3.25. The van der Waals surface area contributed by atoms with Crippen LogP contribution in [-0.2, 0) is 17.5 Å². The molecule has 0 unspecified atom stereocenters. The zero-order chi connectivity index (χ0) is 23.3. The van der Waals surface area contributed by atoms with E-state index < -0.39 is 11.7 Å². The predicted molar refractivity (Wildman–Crippen MR) is 122 cm³/mol. The smallest absolute Gasteiger partial charge is 0.319 e. The van der Waals surface area contributed by atoms with Gasteiger partial charge in [0.1, 0.15) is 0 Å². The first-order chi connectivity index (χ1) is 15.9. The standard InChI is InChI=1S/C26H20F3N3O/c27-26(28,29)22-13-7-10-20(14-22)17-32-18-23(16-30-32)31-25(33)24(21-11-5-2-6-12-21)15-19-8-3-1-4-9-19/h1-16,18H,17H2,(H,31,33)/b24-15-. The van der Waals surface area contributed by atoms with Crippen molar-refractivity contribution in [2.24, 2.45) is 0 Å². The summed E-state index contributed by atoms with van der Waals surface area (Å²) >= 11 is 0. The van der Waals surface area contributed by atoms with Crippen molar-refractivity contribution in [2.45, 2.75) is 12.7 Å². The SMILES string of the molecule is O=C(Nc1cnn(Cc2cccc(C(F)(F)F)c2)c1)/C(=C\c1ccccc1)c1ccccc1. The topological polar surface area (TPSA) is 46.9 Å². The summed E-state index contributed by atoms with van der Waals surface area (Å²) in [5.74, 6) is -0.316. The van der Waals surface area contributed by atoms with Gasteiger partial charge in [-0.25, -0.2) is 0 Å². The summed E-state index contributed by atoms with van der Waals surface area (Å²) in [6, 6.07) is 23.9. The number of nitrogens with zero attached hydrogens (tertiary/aromatic N) is 2. The Bertz CT molecular complexity index is 1260. The monoisotopic (exact) mass is 447 g/mol. The fourth-order valence-electron chi connectivity index (χ4n) is 3.36. The number of hydrogen-bond acceptors (Lipinski definition) is 2. The van der Waals surface area contributed by atoms with Crippen molar-refractivity contribution in [2.75, 3.05) is 5.32 Å². The van der Waals surface area contributed by atoms with Crippen LogP contribution in [0.5, 0.6) is 0 Å². The fraction of sp³-hybridized carbons (Fsp3) is 0.0769. The number of aromatic nitrogens is 2. The van der Waals surface area contributed by atoms with Gasteiger partial charge in [0.15, 0.2) is 0 Å². The molecule has 166 valence electrons. The van der Waals surface area contributed by atoms with Crippen molar-refractivity contribution in [1.29, 1.82) is 0 Å². The Hall–Kier alpha value is -4.13. The Labute approximate surface area is 189 Å². The molecule has 1 aromatic heterocycles. The molecule has 1 amide bonds.